The molecule has 5 rings (SSSR count). The third-order valence-corrected chi connectivity index (χ3v) is 5.57. The molecule has 5 nitrogen and oxygen atoms in total. The lowest BCUT2D eigenvalue weighted by Crippen LogP contribution is -2.62. The number of carbonyl (C=O) groups is 2. The van der Waals surface area contributed by atoms with Gasteiger partial charge < -0.3 is 10.2 Å². The van der Waals surface area contributed by atoms with Crippen molar-refractivity contribution in [2.45, 2.75) is 12.6 Å². The zero-order valence-corrected chi connectivity index (χ0v) is 15.6. The van der Waals surface area contributed by atoms with E-state index in [1.54, 1.807) is 22.9 Å². The van der Waals surface area contributed by atoms with E-state index in [4.69, 9.17) is 0 Å². The summed E-state index contributed by atoms with van der Waals surface area (Å²) in [5, 5.41) is 3.42. The van der Waals surface area contributed by atoms with Gasteiger partial charge in [-0.3, -0.25) is 14.5 Å². The summed E-state index contributed by atoms with van der Waals surface area (Å²) in [6.07, 6.45) is 0. The number of anilines is 3. The average molecular weight is 369 g/mol. The lowest BCUT2D eigenvalue weighted by molar-refractivity contribution is -0.121. The van der Waals surface area contributed by atoms with Gasteiger partial charge in [-0.25, -0.2) is 0 Å². The lowest BCUT2D eigenvalue weighted by Gasteiger charge is -2.44. The number of para-hydroxylation sites is 2. The van der Waals surface area contributed by atoms with Gasteiger partial charge in [0.2, 0.25) is 5.66 Å². The maximum absolute atomic E-state index is 13.6. The third kappa shape index (κ3) is 2.01. The molecule has 2 aliphatic rings. The summed E-state index contributed by atoms with van der Waals surface area (Å²) in [4.78, 5) is 30.5. The number of nitrogens with zero attached hydrogens (tertiary/aromatic N) is 2. The molecule has 0 bridgehead atoms. The second-order valence-electron chi connectivity index (χ2n) is 7.24. The molecule has 3 aromatic rings. The molecule has 1 spiro atoms. The molecule has 0 radical (unpaired) electrons. The molecule has 0 saturated carbocycles. The van der Waals surface area contributed by atoms with Crippen molar-refractivity contribution in [3.8, 4) is 0 Å². The lowest BCUT2D eigenvalue weighted by atomic mass is 9.92. The molecule has 0 aliphatic carbocycles. The zero-order valence-electron chi connectivity index (χ0n) is 15.6. The van der Waals surface area contributed by atoms with Crippen LogP contribution in [0.3, 0.4) is 0 Å². The van der Waals surface area contributed by atoms with E-state index in [9.17, 15) is 9.59 Å². The first kappa shape index (κ1) is 16.6. The summed E-state index contributed by atoms with van der Waals surface area (Å²) in [5.41, 5.74) is 3.23. The molecule has 2 aliphatic heterocycles. The summed E-state index contributed by atoms with van der Waals surface area (Å²) in [6.45, 7) is 1.99. The fourth-order valence-electron chi connectivity index (χ4n) is 4.18. The molecule has 1 atom stereocenters. The number of rotatable bonds is 1. The van der Waals surface area contributed by atoms with E-state index in [2.05, 4.69) is 5.32 Å². The van der Waals surface area contributed by atoms with Crippen LogP contribution in [0.1, 0.15) is 21.5 Å². The van der Waals surface area contributed by atoms with Gasteiger partial charge in [0.15, 0.2) is 0 Å². The average Bonchev–Trinajstić information content (AvgIpc) is 2.92. The van der Waals surface area contributed by atoms with E-state index in [0.29, 0.717) is 16.9 Å². The highest BCUT2D eigenvalue weighted by Crippen LogP contribution is 2.48. The first-order valence-electron chi connectivity index (χ1n) is 9.20. The number of hydrogen-bond donors (Lipinski definition) is 1. The predicted octanol–water partition coefficient (Wildman–Crippen LogP) is 3.90. The smallest absolute Gasteiger partial charge is 0.278 e. The van der Waals surface area contributed by atoms with Crippen LogP contribution in [-0.2, 0) is 10.5 Å². The summed E-state index contributed by atoms with van der Waals surface area (Å²) >= 11 is 0. The van der Waals surface area contributed by atoms with Crippen molar-refractivity contribution in [2.24, 2.45) is 0 Å². The molecule has 2 amide bonds. The Bertz CT molecular complexity index is 1120. The first-order valence-corrected chi connectivity index (χ1v) is 9.20. The Labute approximate surface area is 163 Å². The molecule has 3 aromatic carbocycles. The number of aryl methyl sites for hydroxylation is 1. The van der Waals surface area contributed by atoms with Crippen LogP contribution in [0, 0.1) is 6.92 Å². The molecule has 1 N–H and O–H groups in total. The fraction of sp³-hybridized carbons (Fsp3) is 0.130. The number of carbonyl (C=O) groups excluding carboxylic acids is 2. The Morgan fingerprint density at radius 1 is 0.857 bits per heavy atom. The maximum Gasteiger partial charge on any atom is 0.278 e. The first-order chi connectivity index (χ1) is 13.5. The van der Waals surface area contributed by atoms with Crippen LogP contribution < -0.4 is 15.1 Å². The molecular weight excluding hydrogens is 350 g/mol. The van der Waals surface area contributed by atoms with Gasteiger partial charge in [-0.15, -0.1) is 0 Å². The monoisotopic (exact) mass is 369 g/mol. The van der Waals surface area contributed by atoms with E-state index in [1.807, 2.05) is 73.7 Å². The quantitative estimate of drug-likeness (QED) is 0.708. The van der Waals surface area contributed by atoms with Crippen LogP contribution in [0.2, 0.25) is 0 Å². The third-order valence-electron chi connectivity index (χ3n) is 5.57. The number of nitrogens with one attached hydrogen (secondary N) is 1. The summed E-state index contributed by atoms with van der Waals surface area (Å²) in [5.74, 6) is -0.381. The van der Waals surface area contributed by atoms with Gasteiger partial charge in [0.05, 0.1) is 11.3 Å². The highest BCUT2D eigenvalue weighted by atomic mass is 16.2. The van der Waals surface area contributed by atoms with Crippen LogP contribution >= 0.6 is 0 Å². The van der Waals surface area contributed by atoms with Crippen LogP contribution in [0.15, 0.2) is 72.8 Å². The van der Waals surface area contributed by atoms with E-state index < -0.39 is 5.66 Å². The number of fused-ring (bicyclic) bond motifs is 3. The van der Waals surface area contributed by atoms with Crippen LogP contribution in [-0.4, -0.2) is 18.9 Å². The largest absolute Gasteiger partial charge is 0.350 e. The molecule has 2 heterocycles. The molecule has 138 valence electrons. The van der Waals surface area contributed by atoms with Gasteiger partial charge in [0, 0.05) is 24.0 Å². The van der Waals surface area contributed by atoms with Crippen molar-refractivity contribution in [3.63, 3.8) is 0 Å². The van der Waals surface area contributed by atoms with Gasteiger partial charge in [-0.2, -0.15) is 0 Å². The maximum atomic E-state index is 13.6. The number of hydrogen-bond acceptors (Lipinski definition) is 3. The molecule has 5 heteroatoms. The fourth-order valence-corrected chi connectivity index (χ4v) is 4.18. The van der Waals surface area contributed by atoms with E-state index >= 15 is 0 Å². The van der Waals surface area contributed by atoms with Crippen LogP contribution in [0.25, 0.3) is 0 Å². The summed E-state index contributed by atoms with van der Waals surface area (Å²) < 4.78 is 0. The number of benzene rings is 3. The SMILES string of the molecule is Cc1ccc(N2C(=O)c3ccccc3N[C@@]23C(=O)N(C)c2ccccc23)cc1. The van der Waals surface area contributed by atoms with E-state index in [1.165, 1.54) is 0 Å². The van der Waals surface area contributed by atoms with Crippen molar-refractivity contribution >= 4 is 28.9 Å². The van der Waals surface area contributed by atoms with Crippen molar-refractivity contribution in [3.05, 3.63) is 89.5 Å². The molecule has 28 heavy (non-hydrogen) atoms. The molecule has 0 fully saturated rings. The highest BCUT2D eigenvalue weighted by Gasteiger charge is 2.58. The predicted molar refractivity (Wildman–Crippen MR) is 110 cm³/mol. The van der Waals surface area contributed by atoms with E-state index in [-0.39, 0.29) is 11.8 Å². The minimum atomic E-state index is -1.31. The highest BCUT2D eigenvalue weighted by molar-refractivity contribution is 6.22. The number of amides is 2. The van der Waals surface area contributed by atoms with Crippen molar-refractivity contribution in [2.75, 3.05) is 22.2 Å². The standard InChI is InChI=1S/C23H19N3O2/c1-15-11-13-16(14-12-15)26-21(27)17-7-3-5-9-19(17)24-23(26)18-8-4-6-10-20(18)25(2)22(23)28/h3-14,24H,1-2H3/t23-/m1/s1. The summed E-state index contributed by atoms with van der Waals surface area (Å²) in [6, 6.07) is 22.6. The van der Waals surface area contributed by atoms with Gasteiger partial charge >= 0.3 is 0 Å². The molecule has 0 saturated heterocycles. The second-order valence-corrected chi connectivity index (χ2v) is 7.24. The van der Waals surface area contributed by atoms with Crippen molar-refractivity contribution < 1.29 is 9.59 Å². The van der Waals surface area contributed by atoms with Crippen molar-refractivity contribution in [1.29, 1.82) is 0 Å². The Morgan fingerprint density at radius 2 is 1.54 bits per heavy atom. The molecular formula is C23H19N3O2. The second kappa shape index (κ2) is 5.70. The Balaban J connectivity index is 1.83. The Kier molecular flexibility index (Phi) is 3.37. The van der Waals surface area contributed by atoms with Gasteiger partial charge in [-0.1, -0.05) is 48.0 Å². The normalized spacial score (nSPS) is 20.2. The minimum absolute atomic E-state index is 0.183. The van der Waals surface area contributed by atoms with Gasteiger partial charge in [0.25, 0.3) is 11.8 Å². The minimum Gasteiger partial charge on any atom is -0.350 e. The van der Waals surface area contributed by atoms with Crippen LogP contribution in [0.4, 0.5) is 17.1 Å². The molecule has 0 unspecified atom stereocenters. The van der Waals surface area contributed by atoms with Crippen molar-refractivity contribution in [1.82, 2.24) is 0 Å². The van der Waals surface area contributed by atoms with E-state index in [0.717, 1.165) is 16.8 Å². The Morgan fingerprint density at radius 3 is 2.32 bits per heavy atom. The Hall–Kier alpha value is -3.60. The zero-order chi connectivity index (χ0) is 19.5. The number of likely N-dealkylation sites (N-methyl/N-ethyl adjacent to an activating group) is 1. The summed E-state index contributed by atoms with van der Waals surface area (Å²) in [7, 11) is 1.75. The molecule has 0 aromatic heterocycles. The van der Waals surface area contributed by atoms with Gasteiger partial charge in [0.1, 0.15) is 0 Å². The van der Waals surface area contributed by atoms with Crippen LogP contribution in [0.5, 0.6) is 0 Å². The van der Waals surface area contributed by atoms with Gasteiger partial charge in [-0.05, 0) is 37.3 Å². The topological polar surface area (TPSA) is 52.7 Å².